The summed E-state index contributed by atoms with van der Waals surface area (Å²) in [6.07, 6.45) is 5.96. The summed E-state index contributed by atoms with van der Waals surface area (Å²) in [6, 6.07) is 16.1. The Hall–Kier alpha value is -3.59. The molecule has 9 heteroatoms. The molecule has 3 aromatic heterocycles. The molecule has 1 unspecified atom stereocenters. The molecule has 0 saturated carbocycles. The number of aromatic nitrogens is 4. The van der Waals surface area contributed by atoms with Gasteiger partial charge in [0.25, 0.3) is 5.91 Å². The number of rotatable bonds is 9. The second kappa shape index (κ2) is 10.1. The number of benzene rings is 1. The van der Waals surface area contributed by atoms with Crippen LogP contribution >= 0.6 is 11.8 Å². The van der Waals surface area contributed by atoms with E-state index in [0.29, 0.717) is 17.9 Å². The van der Waals surface area contributed by atoms with Gasteiger partial charge in [-0.15, -0.1) is 10.2 Å². The largest absolute Gasteiger partial charge is 0.483 e. The zero-order valence-corrected chi connectivity index (χ0v) is 18.3. The number of H-pyrrole nitrogens is 1. The molecule has 3 heterocycles. The number of carbonyl (C=O) groups is 1. The van der Waals surface area contributed by atoms with Gasteiger partial charge >= 0.3 is 0 Å². The number of hydrogen-bond acceptors (Lipinski definition) is 6. The van der Waals surface area contributed by atoms with E-state index in [-0.39, 0.29) is 29.5 Å². The fourth-order valence-electron chi connectivity index (χ4n) is 3.27. The van der Waals surface area contributed by atoms with Gasteiger partial charge in [-0.3, -0.25) is 14.0 Å². The van der Waals surface area contributed by atoms with Crippen molar-refractivity contribution in [2.75, 3.05) is 12.0 Å². The molecule has 1 amide bonds. The van der Waals surface area contributed by atoms with Crippen molar-refractivity contribution in [3.63, 3.8) is 0 Å². The number of thioether (sulfide) groups is 1. The molecule has 0 radical (unpaired) electrons. The molecule has 0 saturated heterocycles. The fourth-order valence-corrected chi connectivity index (χ4v) is 3.74. The number of hydrogen-bond donors (Lipinski definition) is 2. The Morgan fingerprint density at radius 1 is 1.19 bits per heavy atom. The van der Waals surface area contributed by atoms with Gasteiger partial charge in [-0.1, -0.05) is 36.4 Å². The summed E-state index contributed by atoms with van der Waals surface area (Å²) in [5.74, 6) is 1.24. The van der Waals surface area contributed by atoms with Gasteiger partial charge in [-0.25, -0.2) is 0 Å². The number of nitrogens with zero attached hydrogens (tertiary/aromatic N) is 3. The minimum Gasteiger partial charge on any atom is -0.483 e. The first-order chi connectivity index (χ1) is 15.7. The highest BCUT2D eigenvalue weighted by Crippen LogP contribution is 2.19. The molecule has 164 valence electrons. The van der Waals surface area contributed by atoms with Crippen LogP contribution in [-0.2, 0) is 6.61 Å². The molecule has 0 aliphatic carbocycles. The van der Waals surface area contributed by atoms with E-state index in [1.165, 1.54) is 12.3 Å². The third-order valence-electron chi connectivity index (χ3n) is 4.93. The number of fused-ring (bicyclic) bond motifs is 1. The van der Waals surface area contributed by atoms with Crippen molar-refractivity contribution in [1.29, 1.82) is 0 Å². The number of nitrogens with one attached hydrogen (secondary N) is 2. The van der Waals surface area contributed by atoms with Crippen LogP contribution in [0.5, 0.6) is 5.75 Å². The zero-order valence-electron chi connectivity index (χ0n) is 17.5. The summed E-state index contributed by atoms with van der Waals surface area (Å²) in [5.41, 5.74) is 1.45. The zero-order chi connectivity index (χ0) is 22.3. The molecule has 32 heavy (non-hydrogen) atoms. The fraction of sp³-hybridized carbons (Fsp3) is 0.217. The van der Waals surface area contributed by atoms with E-state index in [4.69, 9.17) is 4.74 Å². The molecule has 0 bridgehead atoms. The molecule has 1 atom stereocenters. The lowest BCUT2D eigenvalue weighted by atomic mass is 10.2. The molecule has 4 rings (SSSR count). The Morgan fingerprint density at radius 3 is 2.78 bits per heavy atom. The van der Waals surface area contributed by atoms with Crippen LogP contribution in [0.25, 0.3) is 5.65 Å². The summed E-state index contributed by atoms with van der Waals surface area (Å²) in [7, 11) is 0. The van der Waals surface area contributed by atoms with E-state index in [0.717, 1.165) is 11.3 Å². The van der Waals surface area contributed by atoms with Gasteiger partial charge < -0.3 is 15.0 Å². The maximum Gasteiger partial charge on any atom is 0.268 e. The third kappa shape index (κ3) is 5.00. The first kappa shape index (κ1) is 21.6. The van der Waals surface area contributed by atoms with Crippen molar-refractivity contribution in [1.82, 2.24) is 24.9 Å². The summed E-state index contributed by atoms with van der Waals surface area (Å²) < 4.78 is 7.45. The van der Waals surface area contributed by atoms with Crippen LogP contribution in [0.2, 0.25) is 0 Å². The van der Waals surface area contributed by atoms with Gasteiger partial charge in [0.05, 0.1) is 6.04 Å². The highest BCUT2D eigenvalue weighted by atomic mass is 32.2. The van der Waals surface area contributed by atoms with Crippen molar-refractivity contribution in [2.45, 2.75) is 19.1 Å². The number of amides is 1. The molecule has 0 aliphatic rings. The number of carbonyl (C=O) groups excluding carboxylic acids is 1. The summed E-state index contributed by atoms with van der Waals surface area (Å²) in [6.45, 7) is 0.270. The van der Waals surface area contributed by atoms with E-state index in [1.807, 2.05) is 65.4 Å². The normalized spacial score (nSPS) is 11.9. The molecule has 1 aromatic carbocycles. The van der Waals surface area contributed by atoms with Gasteiger partial charge in [0, 0.05) is 18.5 Å². The van der Waals surface area contributed by atoms with Gasteiger partial charge in [0.2, 0.25) is 5.43 Å². The summed E-state index contributed by atoms with van der Waals surface area (Å²) in [4.78, 5) is 28.3. The number of ether oxygens (including phenoxy) is 1. The van der Waals surface area contributed by atoms with Crippen molar-refractivity contribution >= 4 is 23.3 Å². The minimum absolute atomic E-state index is 0.157. The van der Waals surface area contributed by atoms with Crippen LogP contribution < -0.4 is 15.5 Å². The van der Waals surface area contributed by atoms with Crippen molar-refractivity contribution in [3.05, 3.63) is 94.3 Å². The number of aromatic amines is 1. The van der Waals surface area contributed by atoms with Crippen LogP contribution in [0.3, 0.4) is 0 Å². The van der Waals surface area contributed by atoms with E-state index >= 15 is 0 Å². The lowest BCUT2D eigenvalue weighted by Gasteiger charge is -2.17. The first-order valence-corrected chi connectivity index (χ1v) is 11.5. The summed E-state index contributed by atoms with van der Waals surface area (Å²) >= 11 is 1.68. The monoisotopic (exact) mass is 449 g/mol. The maximum atomic E-state index is 12.9. The van der Waals surface area contributed by atoms with Crippen molar-refractivity contribution < 1.29 is 9.53 Å². The van der Waals surface area contributed by atoms with Gasteiger partial charge in [-0.05, 0) is 36.1 Å². The molecule has 0 fully saturated rings. The Kier molecular flexibility index (Phi) is 6.86. The van der Waals surface area contributed by atoms with E-state index in [2.05, 4.69) is 20.5 Å². The summed E-state index contributed by atoms with van der Waals surface area (Å²) in [5, 5.41) is 11.4. The Labute approximate surface area is 189 Å². The quantitative estimate of drug-likeness (QED) is 0.407. The Morgan fingerprint density at radius 2 is 2.00 bits per heavy atom. The van der Waals surface area contributed by atoms with Crippen LogP contribution in [0.1, 0.15) is 34.3 Å². The molecule has 2 N–H and O–H groups in total. The minimum atomic E-state index is -0.393. The Bertz CT molecular complexity index is 1260. The van der Waals surface area contributed by atoms with Gasteiger partial charge in [-0.2, -0.15) is 11.8 Å². The Balaban J connectivity index is 1.49. The topological polar surface area (TPSA) is 101 Å². The van der Waals surface area contributed by atoms with E-state index in [1.54, 1.807) is 11.8 Å². The van der Waals surface area contributed by atoms with Crippen molar-refractivity contribution in [3.8, 4) is 5.75 Å². The average molecular weight is 450 g/mol. The highest BCUT2D eigenvalue weighted by molar-refractivity contribution is 7.98. The molecule has 0 spiro atoms. The molecule has 8 nitrogen and oxygen atoms in total. The molecule has 0 aliphatic heterocycles. The average Bonchev–Trinajstić information content (AvgIpc) is 3.25. The second-order valence-corrected chi connectivity index (χ2v) is 8.13. The number of pyridine rings is 2. The van der Waals surface area contributed by atoms with Crippen LogP contribution in [-0.4, -0.2) is 37.5 Å². The van der Waals surface area contributed by atoms with Crippen LogP contribution in [0, 0.1) is 0 Å². The lowest BCUT2D eigenvalue weighted by Crippen LogP contribution is -2.31. The van der Waals surface area contributed by atoms with Gasteiger partial charge in [0.1, 0.15) is 12.3 Å². The first-order valence-electron chi connectivity index (χ1n) is 10.1. The molecular formula is C23H23N5O3S. The second-order valence-electron chi connectivity index (χ2n) is 7.14. The van der Waals surface area contributed by atoms with Gasteiger partial charge in [0.15, 0.2) is 17.2 Å². The third-order valence-corrected chi connectivity index (χ3v) is 5.57. The predicted octanol–water partition coefficient (Wildman–Crippen LogP) is 3.22. The SMILES string of the molecule is CSCCC(NC(=O)c1cc(=O)c(OCc2ccccc2)c[nH]1)c1nnc2ccccn12. The molecular weight excluding hydrogens is 426 g/mol. The standard InChI is InChI=1S/C23H23N5O3S/c1-32-12-10-17(22-27-26-21-9-5-6-11-28(21)22)25-23(30)18-13-19(29)20(14-24-18)31-15-16-7-3-2-4-8-16/h2-9,11,13-14,17H,10,12,15H2,1H3,(H,24,29)(H,25,30). The van der Waals surface area contributed by atoms with Crippen molar-refractivity contribution in [2.24, 2.45) is 0 Å². The van der Waals surface area contributed by atoms with E-state index in [9.17, 15) is 9.59 Å². The van der Waals surface area contributed by atoms with Crippen LogP contribution in [0.4, 0.5) is 0 Å². The molecule has 4 aromatic rings. The maximum absolute atomic E-state index is 12.9. The lowest BCUT2D eigenvalue weighted by molar-refractivity contribution is 0.0928. The smallest absolute Gasteiger partial charge is 0.268 e. The highest BCUT2D eigenvalue weighted by Gasteiger charge is 2.21. The predicted molar refractivity (Wildman–Crippen MR) is 124 cm³/mol. The van der Waals surface area contributed by atoms with Crippen LogP contribution in [0.15, 0.2) is 71.8 Å². The van der Waals surface area contributed by atoms with E-state index < -0.39 is 5.91 Å².